The van der Waals surface area contributed by atoms with Gasteiger partial charge in [0.15, 0.2) is 0 Å². The monoisotopic (exact) mass is 244 g/mol. The molecule has 0 fully saturated rings. The summed E-state index contributed by atoms with van der Waals surface area (Å²) in [6, 6.07) is 4.13. The van der Waals surface area contributed by atoms with Gasteiger partial charge in [-0.1, -0.05) is 0 Å². The molecular weight excluding hydrogens is 224 g/mol. The van der Waals surface area contributed by atoms with Crippen LogP contribution in [0.2, 0.25) is 0 Å². The minimum atomic E-state index is -2.85. The molecule has 1 heterocycles. The van der Waals surface area contributed by atoms with Gasteiger partial charge in [-0.25, -0.2) is 8.42 Å². The molecule has 1 aromatic heterocycles. The minimum Gasteiger partial charge on any atom is -0.351 e. The third-order valence-electron chi connectivity index (χ3n) is 2.37. The average Bonchev–Trinajstić information content (AvgIpc) is 2.49. The normalized spacial score (nSPS) is 13.9. The van der Waals surface area contributed by atoms with E-state index in [0.29, 0.717) is 6.42 Å². The first kappa shape index (κ1) is 13.3. The van der Waals surface area contributed by atoms with E-state index >= 15 is 0 Å². The molecule has 1 rings (SSSR count). The van der Waals surface area contributed by atoms with E-state index in [2.05, 4.69) is 4.57 Å². The zero-order valence-electron chi connectivity index (χ0n) is 9.89. The Morgan fingerprint density at radius 2 is 2.19 bits per heavy atom. The van der Waals surface area contributed by atoms with Crippen LogP contribution in [0.3, 0.4) is 0 Å². The number of aromatic nitrogens is 1. The van der Waals surface area contributed by atoms with E-state index in [9.17, 15) is 8.42 Å². The Bertz CT molecular complexity index is 421. The van der Waals surface area contributed by atoms with Crippen LogP contribution in [0.1, 0.15) is 19.0 Å². The van der Waals surface area contributed by atoms with Crippen molar-refractivity contribution in [2.24, 2.45) is 5.73 Å². The van der Waals surface area contributed by atoms with Crippen LogP contribution in [0.4, 0.5) is 0 Å². The molecule has 0 saturated carbocycles. The standard InChI is InChI=1S/C11H20N2O2S/c1-10(12)9-11-5-3-6-13(11)7-4-8-16(2,14)15/h3,5-6,10H,4,7-9,12H2,1-2H3. The second kappa shape index (κ2) is 5.50. The number of hydrogen-bond donors (Lipinski definition) is 1. The Morgan fingerprint density at radius 1 is 1.50 bits per heavy atom. The van der Waals surface area contributed by atoms with Gasteiger partial charge in [-0.15, -0.1) is 0 Å². The highest BCUT2D eigenvalue weighted by Crippen LogP contribution is 2.06. The van der Waals surface area contributed by atoms with Crippen molar-refractivity contribution in [1.82, 2.24) is 4.57 Å². The summed E-state index contributed by atoms with van der Waals surface area (Å²) in [7, 11) is -2.85. The van der Waals surface area contributed by atoms with E-state index < -0.39 is 9.84 Å². The molecule has 0 saturated heterocycles. The summed E-state index contributed by atoms with van der Waals surface area (Å²) in [4.78, 5) is 0. The molecule has 0 aliphatic carbocycles. The highest BCUT2D eigenvalue weighted by Gasteiger charge is 2.05. The Balaban J connectivity index is 2.51. The third kappa shape index (κ3) is 4.81. The van der Waals surface area contributed by atoms with Crippen LogP contribution in [0.15, 0.2) is 18.3 Å². The molecule has 5 heteroatoms. The predicted molar refractivity (Wildman–Crippen MR) is 66.1 cm³/mol. The summed E-state index contributed by atoms with van der Waals surface area (Å²) in [5.74, 6) is 0.239. The Labute approximate surface area is 97.4 Å². The number of aryl methyl sites for hydroxylation is 1. The molecule has 0 amide bonds. The Kier molecular flexibility index (Phi) is 4.56. The predicted octanol–water partition coefficient (Wildman–Crippen LogP) is 0.812. The van der Waals surface area contributed by atoms with Crippen LogP contribution in [0.25, 0.3) is 0 Å². The number of rotatable bonds is 6. The van der Waals surface area contributed by atoms with E-state index in [1.54, 1.807) is 0 Å². The van der Waals surface area contributed by atoms with Crippen molar-refractivity contribution in [1.29, 1.82) is 0 Å². The van der Waals surface area contributed by atoms with Gasteiger partial charge in [-0.05, 0) is 25.5 Å². The number of hydrogen-bond acceptors (Lipinski definition) is 3. The fourth-order valence-corrected chi connectivity index (χ4v) is 2.33. The highest BCUT2D eigenvalue weighted by atomic mass is 32.2. The van der Waals surface area contributed by atoms with Crippen LogP contribution < -0.4 is 5.73 Å². The summed E-state index contributed by atoms with van der Waals surface area (Å²) in [5.41, 5.74) is 6.91. The number of nitrogens with two attached hydrogens (primary N) is 1. The summed E-state index contributed by atoms with van der Waals surface area (Å²) >= 11 is 0. The van der Waals surface area contributed by atoms with Crippen LogP contribution in [-0.2, 0) is 22.8 Å². The van der Waals surface area contributed by atoms with Gasteiger partial charge in [-0.3, -0.25) is 0 Å². The first-order chi connectivity index (χ1) is 7.38. The molecule has 0 radical (unpaired) electrons. The number of nitrogens with zero attached hydrogens (tertiary/aromatic N) is 1. The lowest BCUT2D eigenvalue weighted by atomic mass is 10.2. The first-order valence-electron chi connectivity index (χ1n) is 5.46. The lowest BCUT2D eigenvalue weighted by Gasteiger charge is -2.10. The molecule has 2 N–H and O–H groups in total. The Morgan fingerprint density at radius 3 is 2.75 bits per heavy atom. The lowest BCUT2D eigenvalue weighted by Crippen LogP contribution is -2.20. The van der Waals surface area contributed by atoms with E-state index in [1.807, 2.05) is 25.3 Å². The summed E-state index contributed by atoms with van der Waals surface area (Å²) < 4.78 is 24.1. The largest absolute Gasteiger partial charge is 0.351 e. The van der Waals surface area contributed by atoms with Crippen LogP contribution >= 0.6 is 0 Å². The summed E-state index contributed by atoms with van der Waals surface area (Å²) in [6.45, 7) is 2.70. The lowest BCUT2D eigenvalue weighted by molar-refractivity contribution is 0.584. The first-order valence-corrected chi connectivity index (χ1v) is 7.52. The van der Waals surface area contributed by atoms with E-state index in [4.69, 9.17) is 5.73 Å². The van der Waals surface area contributed by atoms with Gasteiger partial charge in [0, 0.05) is 37.2 Å². The SMILES string of the molecule is CC(N)Cc1cccn1CCCS(C)(=O)=O. The molecule has 16 heavy (non-hydrogen) atoms. The molecule has 1 atom stereocenters. The van der Waals surface area contributed by atoms with Crippen molar-refractivity contribution in [3.63, 3.8) is 0 Å². The van der Waals surface area contributed by atoms with Crippen molar-refractivity contribution < 1.29 is 8.42 Å². The van der Waals surface area contributed by atoms with Crippen LogP contribution in [0.5, 0.6) is 0 Å². The van der Waals surface area contributed by atoms with Gasteiger partial charge in [0.25, 0.3) is 0 Å². The molecule has 0 bridgehead atoms. The van der Waals surface area contributed by atoms with Crippen molar-refractivity contribution >= 4 is 9.84 Å². The van der Waals surface area contributed by atoms with Gasteiger partial charge in [0.1, 0.15) is 9.84 Å². The topological polar surface area (TPSA) is 65.1 Å². The fraction of sp³-hybridized carbons (Fsp3) is 0.636. The fourth-order valence-electron chi connectivity index (χ4n) is 1.68. The molecule has 4 nitrogen and oxygen atoms in total. The maximum atomic E-state index is 11.0. The average molecular weight is 244 g/mol. The molecular formula is C11H20N2O2S. The van der Waals surface area contributed by atoms with Gasteiger partial charge >= 0.3 is 0 Å². The van der Waals surface area contributed by atoms with Crippen molar-refractivity contribution in [2.45, 2.75) is 32.4 Å². The molecule has 92 valence electrons. The number of sulfone groups is 1. The van der Waals surface area contributed by atoms with E-state index in [0.717, 1.165) is 13.0 Å². The smallest absolute Gasteiger partial charge is 0.147 e. The third-order valence-corrected chi connectivity index (χ3v) is 3.40. The van der Waals surface area contributed by atoms with E-state index in [-0.39, 0.29) is 11.8 Å². The zero-order valence-corrected chi connectivity index (χ0v) is 10.7. The second-order valence-corrected chi connectivity index (χ2v) is 6.62. The van der Waals surface area contributed by atoms with Crippen molar-refractivity contribution in [2.75, 3.05) is 12.0 Å². The van der Waals surface area contributed by atoms with Gasteiger partial charge in [0.2, 0.25) is 0 Å². The molecule has 0 spiro atoms. The summed E-state index contributed by atoms with van der Waals surface area (Å²) in [5, 5.41) is 0. The van der Waals surface area contributed by atoms with Gasteiger partial charge < -0.3 is 10.3 Å². The molecule has 1 aromatic rings. The van der Waals surface area contributed by atoms with Crippen molar-refractivity contribution in [3.8, 4) is 0 Å². The summed E-state index contributed by atoms with van der Waals surface area (Å²) in [6.07, 6.45) is 4.72. The zero-order chi connectivity index (χ0) is 12.2. The maximum absolute atomic E-state index is 11.0. The van der Waals surface area contributed by atoms with Gasteiger partial charge in [-0.2, -0.15) is 0 Å². The molecule has 0 aliphatic heterocycles. The second-order valence-electron chi connectivity index (χ2n) is 4.36. The van der Waals surface area contributed by atoms with E-state index in [1.165, 1.54) is 11.9 Å². The maximum Gasteiger partial charge on any atom is 0.147 e. The Hall–Kier alpha value is -0.810. The van der Waals surface area contributed by atoms with Crippen LogP contribution in [-0.4, -0.2) is 31.0 Å². The molecule has 0 aliphatic rings. The van der Waals surface area contributed by atoms with Gasteiger partial charge in [0.05, 0.1) is 5.75 Å². The quantitative estimate of drug-likeness (QED) is 0.805. The van der Waals surface area contributed by atoms with Crippen molar-refractivity contribution in [3.05, 3.63) is 24.0 Å². The highest BCUT2D eigenvalue weighted by molar-refractivity contribution is 7.90. The molecule has 0 aromatic carbocycles. The minimum absolute atomic E-state index is 0.128. The van der Waals surface area contributed by atoms with Crippen LogP contribution in [0, 0.1) is 0 Å². The molecule has 1 unspecified atom stereocenters.